The van der Waals surface area contributed by atoms with Crippen molar-refractivity contribution in [2.45, 2.75) is 106 Å². The molecule has 0 radical (unpaired) electrons. The fourth-order valence-electron chi connectivity index (χ4n) is 6.25. The summed E-state index contributed by atoms with van der Waals surface area (Å²) in [6, 6.07) is 14.5. The van der Waals surface area contributed by atoms with E-state index < -0.39 is 85.5 Å². The number of hydroxylamine groups is 2. The highest BCUT2D eigenvalue weighted by Crippen LogP contribution is 2.30. The Kier molecular flexibility index (Phi) is 22.9. The lowest BCUT2D eigenvalue weighted by atomic mass is 9.90. The molecule has 0 spiro atoms. The topological polar surface area (TPSA) is 244 Å². The van der Waals surface area contributed by atoms with Crippen LogP contribution in [0.5, 0.6) is 5.75 Å². The number of nitrogens with one attached hydrogen (secondary N) is 3. The number of hydrogen-bond donors (Lipinski definition) is 3. The SMILES string of the molecule is CCCCC[C@@H](C(=O)NCNC(=O)c1ccc(-c2ccc(C(=O)NC(CC(=O)OCOC(=O)C(C)C)C(=O)OCOC(=O)C(C)C)c(OCC)c2)o1)[C@@H](CC)N(C=O)OCc1ccccc1. The van der Waals surface area contributed by atoms with Gasteiger partial charge < -0.3 is 44.1 Å². The fraction of sp³-hybridized carbons (Fsp3) is 0.489. The Balaban J connectivity index is 1.71. The van der Waals surface area contributed by atoms with Gasteiger partial charge in [0.15, 0.2) is 5.76 Å². The molecule has 2 aromatic carbocycles. The van der Waals surface area contributed by atoms with Crippen molar-refractivity contribution in [2.75, 3.05) is 26.9 Å². The van der Waals surface area contributed by atoms with E-state index in [1.165, 1.54) is 35.4 Å². The minimum Gasteiger partial charge on any atom is -0.493 e. The number of carbonyl (C=O) groups excluding carboxylic acids is 8. The predicted molar refractivity (Wildman–Crippen MR) is 236 cm³/mol. The van der Waals surface area contributed by atoms with Crippen molar-refractivity contribution >= 4 is 48.0 Å². The van der Waals surface area contributed by atoms with Gasteiger partial charge in [0, 0.05) is 5.56 Å². The van der Waals surface area contributed by atoms with E-state index in [4.69, 9.17) is 32.9 Å². The number of unbranched alkanes of at least 4 members (excludes halogenated alkanes) is 2. The van der Waals surface area contributed by atoms with Gasteiger partial charge in [0.05, 0.1) is 49.1 Å². The summed E-state index contributed by atoms with van der Waals surface area (Å²) in [5.74, 6) is -6.70. The van der Waals surface area contributed by atoms with Crippen LogP contribution < -0.4 is 20.7 Å². The van der Waals surface area contributed by atoms with E-state index in [1.54, 1.807) is 34.6 Å². The van der Waals surface area contributed by atoms with Gasteiger partial charge in [0.25, 0.3) is 11.8 Å². The van der Waals surface area contributed by atoms with Gasteiger partial charge in [-0.3, -0.25) is 38.4 Å². The summed E-state index contributed by atoms with van der Waals surface area (Å²) in [6.07, 6.45) is 3.35. The summed E-state index contributed by atoms with van der Waals surface area (Å²) < 4.78 is 31.3. The highest BCUT2D eigenvalue weighted by Gasteiger charge is 2.33. The van der Waals surface area contributed by atoms with Gasteiger partial charge in [0.2, 0.25) is 25.9 Å². The van der Waals surface area contributed by atoms with Crippen molar-refractivity contribution in [1.29, 1.82) is 0 Å². The molecule has 360 valence electrons. The summed E-state index contributed by atoms with van der Waals surface area (Å²) >= 11 is 0. The van der Waals surface area contributed by atoms with Crippen LogP contribution in [0.4, 0.5) is 0 Å². The maximum absolute atomic E-state index is 13.6. The van der Waals surface area contributed by atoms with Gasteiger partial charge in [-0.2, -0.15) is 0 Å². The Labute approximate surface area is 384 Å². The Morgan fingerprint density at radius 2 is 1.42 bits per heavy atom. The molecule has 3 atom stereocenters. The van der Waals surface area contributed by atoms with E-state index in [-0.39, 0.29) is 48.6 Å². The van der Waals surface area contributed by atoms with E-state index in [1.807, 2.05) is 37.3 Å². The Bertz CT molecular complexity index is 2070. The lowest BCUT2D eigenvalue weighted by Gasteiger charge is -2.32. The molecule has 0 saturated carbocycles. The molecule has 0 aliphatic carbocycles. The molecule has 3 rings (SSSR count). The van der Waals surface area contributed by atoms with Gasteiger partial charge in [-0.25, -0.2) is 9.86 Å². The summed E-state index contributed by atoms with van der Waals surface area (Å²) in [5, 5.41) is 9.01. The van der Waals surface area contributed by atoms with Gasteiger partial charge in [-0.15, -0.1) is 0 Å². The number of esters is 4. The first-order chi connectivity index (χ1) is 31.6. The largest absolute Gasteiger partial charge is 0.493 e. The average Bonchev–Trinajstić information content (AvgIpc) is 3.80. The molecular formula is C47H62N4O15. The van der Waals surface area contributed by atoms with Crippen molar-refractivity contribution in [3.8, 4) is 17.1 Å². The zero-order valence-electron chi connectivity index (χ0n) is 38.6. The molecular weight excluding hydrogens is 861 g/mol. The standard InChI is InChI=1S/C47H62N4O15/c1-8-11-13-18-34(37(9-2)51(27-52)65-25-32-16-14-12-15-17-32)42(54)48-26-49-44(56)39-22-21-38(66-39)33-19-20-35(40(23-33)60-10-3)43(55)50-36(47(59)64-29-63-46(58)31(6)7)24-41(53)61-28-62-45(57)30(4)5/h12,14-17,19-23,27,30-31,34,36-37H,8-11,13,18,24-26,28-29H2,1-7H3,(H,48,54)(H,49,56)(H,50,55)/t34-,36?,37-/m1/s1. The van der Waals surface area contributed by atoms with Crippen molar-refractivity contribution in [1.82, 2.24) is 21.0 Å². The van der Waals surface area contributed by atoms with Gasteiger partial charge >= 0.3 is 23.9 Å². The minimum absolute atomic E-state index is 0.0521. The first kappa shape index (κ1) is 53.6. The highest BCUT2D eigenvalue weighted by molar-refractivity contribution is 6.00. The maximum atomic E-state index is 13.6. The zero-order chi connectivity index (χ0) is 48.6. The molecule has 0 saturated heterocycles. The molecule has 19 nitrogen and oxygen atoms in total. The molecule has 4 amide bonds. The number of benzene rings is 2. The van der Waals surface area contributed by atoms with Crippen LogP contribution in [0.15, 0.2) is 65.1 Å². The van der Waals surface area contributed by atoms with Crippen LogP contribution in [0, 0.1) is 17.8 Å². The number of carbonyl (C=O) groups is 8. The second kappa shape index (κ2) is 28.2. The number of rotatable bonds is 29. The summed E-state index contributed by atoms with van der Waals surface area (Å²) in [4.78, 5) is 108. The van der Waals surface area contributed by atoms with Crippen molar-refractivity contribution in [2.24, 2.45) is 17.8 Å². The van der Waals surface area contributed by atoms with Crippen LogP contribution in [0.1, 0.15) is 113 Å². The zero-order valence-corrected chi connectivity index (χ0v) is 38.6. The van der Waals surface area contributed by atoms with Gasteiger partial charge in [0.1, 0.15) is 24.2 Å². The summed E-state index contributed by atoms with van der Waals surface area (Å²) in [7, 11) is 0. The number of amides is 4. The summed E-state index contributed by atoms with van der Waals surface area (Å²) in [5.41, 5.74) is 1.21. The van der Waals surface area contributed by atoms with E-state index >= 15 is 0 Å². The van der Waals surface area contributed by atoms with E-state index in [2.05, 4.69) is 22.9 Å². The molecule has 66 heavy (non-hydrogen) atoms. The molecule has 19 heteroatoms. The predicted octanol–water partition coefficient (Wildman–Crippen LogP) is 5.60. The second-order valence-corrected chi connectivity index (χ2v) is 15.5. The normalized spacial score (nSPS) is 12.3. The molecule has 1 unspecified atom stereocenters. The second-order valence-electron chi connectivity index (χ2n) is 15.5. The van der Waals surface area contributed by atoms with Crippen molar-refractivity contribution in [3.63, 3.8) is 0 Å². The lowest BCUT2D eigenvalue weighted by Crippen LogP contribution is -2.48. The van der Waals surface area contributed by atoms with Crippen LogP contribution in [-0.4, -0.2) is 92.0 Å². The van der Waals surface area contributed by atoms with Crippen LogP contribution in [-0.2, 0) is 59.2 Å². The lowest BCUT2D eigenvalue weighted by molar-refractivity contribution is -0.200. The van der Waals surface area contributed by atoms with Gasteiger partial charge in [-0.05, 0) is 49.6 Å². The third-order valence-corrected chi connectivity index (χ3v) is 9.87. The Hall–Kier alpha value is -6.76. The molecule has 0 fully saturated rings. The first-order valence-corrected chi connectivity index (χ1v) is 21.9. The molecule has 0 aliphatic rings. The van der Waals surface area contributed by atoms with Crippen LogP contribution in [0.2, 0.25) is 0 Å². The van der Waals surface area contributed by atoms with Gasteiger partial charge in [-0.1, -0.05) is 97.2 Å². The third kappa shape index (κ3) is 17.3. The van der Waals surface area contributed by atoms with E-state index in [9.17, 15) is 38.4 Å². The maximum Gasteiger partial charge on any atom is 0.332 e. The van der Waals surface area contributed by atoms with E-state index in [0.29, 0.717) is 24.8 Å². The van der Waals surface area contributed by atoms with Crippen LogP contribution >= 0.6 is 0 Å². The summed E-state index contributed by atoms with van der Waals surface area (Å²) in [6.45, 7) is 10.4. The monoisotopic (exact) mass is 922 g/mol. The molecule has 3 N–H and O–H groups in total. The van der Waals surface area contributed by atoms with Crippen LogP contribution in [0.25, 0.3) is 11.3 Å². The Morgan fingerprint density at radius 3 is 2.05 bits per heavy atom. The van der Waals surface area contributed by atoms with Crippen molar-refractivity contribution in [3.05, 3.63) is 77.6 Å². The van der Waals surface area contributed by atoms with E-state index in [0.717, 1.165) is 24.8 Å². The average molecular weight is 923 g/mol. The fourth-order valence-corrected chi connectivity index (χ4v) is 6.25. The minimum atomic E-state index is -1.64. The molecule has 0 bridgehead atoms. The third-order valence-electron chi connectivity index (χ3n) is 9.87. The quantitative estimate of drug-likeness (QED) is 0.0252. The molecule has 1 aromatic heterocycles. The van der Waals surface area contributed by atoms with Crippen molar-refractivity contribution < 1.29 is 71.3 Å². The Morgan fingerprint density at radius 1 is 0.758 bits per heavy atom. The molecule has 1 heterocycles. The number of furan rings is 1. The molecule has 3 aromatic rings. The first-order valence-electron chi connectivity index (χ1n) is 21.9. The smallest absolute Gasteiger partial charge is 0.332 e. The van der Waals surface area contributed by atoms with Crippen LogP contribution in [0.3, 0.4) is 0 Å². The highest BCUT2D eigenvalue weighted by atomic mass is 16.7. The molecule has 0 aliphatic heterocycles. The number of ether oxygens (including phenoxy) is 5. The number of hydrogen-bond acceptors (Lipinski definition) is 15. The number of nitrogens with zero attached hydrogens (tertiary/aromatic N) is 1.